The molecule has 0 aliphatic rings. The number of anilines is 1. The van der Waals surface area contributed by atoms with Crippen molar-refractivity contribution in [1.82, 2.24) is 9.78 Å². The van der Waals surface area contributed by atoms with Gasteiger partial charge in [0.25, 0.3) is 0 Å². The molecule has 1 aromatic rings. The molecule has 1 rings (SSSR count). The number of rotatable bonds is 7. The van der Waals surface area contributed by atoms with Crippen LogP contribution in [-0.4, -0.2) is 9.78 Å². The molecule has 0 amide bonds. The van der Waals surface area contributed by atoms with Crippen LogP contribution in [-0.2, 0) is 6.54 Å². The molecule has 0 fully saturated rings. The predicted octanol–water partition coefficient (Wildman–Crippen LogP) is 3.13. The predicted molar refractivity (Wildman–Crippen MR) is 64.8 cm³/mol. The van der Waals surface area contributed by atoms with Crippen molar-refractivity contribution in [1.29, 1.82) is 0 Å². The molecule has 15 heavy (non-hydrogen) atoms. The van der Waals surface area contributed by atoms with E-state index in [0.717, 1.165) is 17.9 Å². The van der Waals surface area contributed by atoms with Crippen LogP contribution in [0.15, 0.2) is 6.20 Å². The molecular formula is C12H23N3. The van der Waals surface area contributed by atoms with E-state index in [-0.39, 0.29) is 0 Å². The molecule has 0 spiro atoms. The molecule has 2 N–H and O–H groups in total. The van der Waals surface area contributed by atoms with Crippen LogP contribution in [0.2, 0.25) is 0 Å². The molecule has 0 radical (unpaired) electrons. The molecule has 0 unspecified atom stereocenters. The molecule has 86 valence electrons. The van der Waals surface area contributed by atoms with Gasteiger partial charge in [0.2, 0.25) is 0 Å². The molecule has 1 aromatic heterocycles. The molecule has 3 nitrogen and oxygen atoms in total. The van der Waals surface area contributed by atoms with E-state index in [2.05, 4.69) is 12.0 Å². The van der Waals surface area contributed by atoms with Crippen molar-refractivity contribution in [3.63, 3.8) is 0 Å². The highest BCUT2D eigenvalue weighted by atomic mass is 15.3. The van der Waals surface area contributed by atoms with Crippen LogP contribution in [0.1, 0.15) is 51.0 Å². The minimum atomic E-state index is 0.823. The van der Waals surface area contributed by atoms with E-state index in [4.69, 9.17) is 5.73 Å². The van der Waals surface area contributed by atoms with Crippen LogP contribution in [0, 0.1) is 6.92 Å². The molecule has 0 aromatic carbocycles. The second-order valence-electron chi connectivity index (χ2n) is 4.20. The maximum Gasteiger partial charge on any atom is 0.124 e. The third-order valence-corrected chi connectivity index (χ3v) is 2.80. The molecule has 0 atom stereocenters. The fourth-order valence-electron chi connectivity index (χ4n) is 1.71. The fraction of sp³-hybridized carbons (Fsp3) is 0.750. The zero-order valence-electron chi connectivity index (χ0n) is 10.00. The molecule has 3 heteroatoms. The van der Waals surface area contributed by atoms with E-state index in [1.54, 1.807) is 0 Å². The summed E-state index contributed by atoms with van der Waals surface area (Å²) in [4.78, 5) is 0. The maximum absolute atomic E-state index is 5.87. The van der Waals surface area contributed by atoms with Gasteiger partial charge in [0, 0.05) is 12.1 Å². The number of nitrogens with two attached hydrogens (primary N) is 1. The number of hydrogen-bond acceptors (Lipinski definition) is 2. The number of nitrogen functional groups attached to an aromatic ring is 1. The van der Waals surface area contributed by atoms with E-state index in [0.29, 0.717) is 0 Å². The fourth-order valence-corrected chi connectivity index (χ4v) is 1.71. The van der Waals surface area contributed by atoms with Crippen molar-refractivity contribution in [3.05, 3.63) is 11.8 Å². The van der Waals surface area contributed by atoms with Gasteiger partial charge in [-0.2, -0.15) is 5.10 Å². The van der Waals surface area contributed by atoms with Gasteiger partial charge < -0.3 is 5.73 Å². The summed E-state index contributed by atoms with van der Waals surface area (Å²) in [7, 11) is 0. The van der Waals surface area contributed by atoms with Crippen molar-refractivity contribution >= 4 is 5.82 Å². The van der Waals surface area contributed by atoms with E-state index in [1.807, 2.05) is 17.8 Å². The molecule has 1 heterocycles. The summed E-state index contributed by atoms with van der Waals surface area (Å²) in [5.74, 6) is 0.823. The lowest BCUT2D eigenvalue weighted by molar-refractivity contribution is 0.532. The molecule has 0 bridgehead atoms. The lowest BCUT2D eigenvalue weighted by atomic mass is 10.1. The zero-order chi connectivity index (χ0) is 11.1. The minimum absolute atomic E-state index is 0.823. The largest absolute Gasteiger partial charge is 0.384 e. The topological polar surface area (TPSA) is 43.8 Å². The van der Waals surface area contributed by atoms with Crippen LogP contribution in [0.5, 0.6) is 0 Å². The average Bonchev–Trinajstić information content (AvgIpc) is 2.54. The molecule has 0 saturated heterocycles. The Balaban J connectivity index is 2.12. The van der Waals surface area contributed by atoms with Crippen LogP contribution < -0.4 is 5.73 Å². The Morgan fingerprint density at radius 1 is 1.20 bits per heavy atom. The van der Waals surface area contributed by atoms with Crippen molar-refractivity contribution in [2.24, 2.45) is 0 Å². The molecule has 0 saturated carbocycles. The van der Waals surface area contributed by atoms with E-state index in [9.17, 15) is 0 Å². The number of aromatic nitrogens is 2. The quantitative estimate of drug-likeness (QED) is 0.701. The van der Waals surface area contributed by atoms with Gasteiger partial charge in [0.05, 0.1) is 6.20 Å². The van der Waals surface area contributed by atoms with Crippen molar-refractivity contribution in [2.45, 2.75) is 58.9 Å². The van der Waals surface area contributed by atoms with Crippen LogP contribution in [0.3, 0.4) is 0 Å². The van der Waals surface area contributed by atoms with Gasteiger partial charge in [0.1, 0.15) is 5.82 Å². The molecule has 0 aliphatic heterocycles. The Morgan fingerprint density at radius 3 is 2.47 bits per heavy atom. The molecular weight excluding hydrogens is 186 g/mol. The number of nitrogens with zero attached hydrogens (tertiary/aromatic N) is 2. The van der Waals surface area contributed by atoms with Gasteiger partial charge in [-0.1, -0.05) is 39.0 Å². The van der Waals surface area contributed by atoms with Crippen molar-refractivity contribution in [3.8, 4) is 0 Å². The highest BCUT2D eigenvalue weighted by Gasteiger charge is 2.01. The van der Waals surface area contributed by atoms with E-state index < -0.39 is 0 Å². The van der Waals surface area contributed by atoms with Gasteiger partial charge in [-0.25, -0.2) is 4.68 Å². The van der Waals surface area contributed by atoms with Crippen molar-refractivity contribution in [2.75, 3.05) is 5.73 Å². The van der Waals surface area contributed by atoms with Crippen LogP contribution >= 0.6 is 0 Å². The third kappa shape index (κ3) is 3.94. The van der Waals surface area contributed by atoms with Gasteiger partial charge in [-0.3, -0.25) is 0 Å². The summed E-state index contributed by atoms with van der Waals surface area (Å²) < 4.78 is 1.91. The Morgan fingerprint density at radius 2 is 1.87 bits per heavy atom. The summed E-state index contributed by atoms with van der Waals surface area (Å²) in [6.45, 7) is 5.21. The van der Waals surface area contributed by atoms with Crippen LogP contribution in [0.25, 0.3) is 0 Å². The van der Waals surface area contributed by atoms with Gasteiger partial charge in [0.15, 0.2) is 0 Å². The monoisotopic (exact) mass is 209 g/mol. The van der Waals surface area contributed by atoms with Crippen molar-refractivity contribution < 1.29 is 0 Å². The van der Waals surface area contributed by atoms with Gasteiger partial charge >= 0.3 is 0 Å². The van der Waals surface area contributed by atoms with Crippen LogP contribution in [0.4, 0.5) is 5.82 Å². The average molecular weight is 209 g/mol. The second-order valence-corrected chi connectivity index (χ2v) is 4.20. The normalized spacial score (nSPS) is 10.8. The summed E-state index contributed by atoms with van der Waals surface area (Å²) in [5.41, 5.74) is 6.95. The highest BCUT2D eigenvalue weighted by Crippen LogP contribution is 2.11. The lowest BCUT2D eigenvalue weighted by Gasteiger charge is -2.04. The first-order valence-electron chi connectivity index (χ1n) is 6.03. The van der Waals surface area contributed by atoms with E-state index in [1.165, 1.54) is 38.5 Å². The Bertz CT molecular complexity index is 278. The Labute approximate surface area is 92.7 Å². The highest BCUT2D eigenvalue weighted by molar-refractivity contribution is 5.36. The first kappa shape index (κ1) is 12.1. The Kier molecular flexibility index (Phi) is 5.22. The smallest absolute Gasteiger partial charge is 0.124 e. The lowest BCUT2D eigenvalue weighted by Crippen LogP contribution is -2.05. The Hall–Kier alpha value is -0.990. The second kappa shape index (κ2) is 6.49. The number of hydrogen-bond donors (Lipinski definition) is 1. The standard InChI is InChI=1S/C12H23N3/c1-3-4-5-6-7-8-9-15-12(13)11(2)10-14-15/h10H,3-9,13H2,1-2H3. The molecule has 0 aliphatic carbocycles. The minimum Gasteiger partial charge on any atom is -0.384 e. The third-order valence-electron chi connectivity index (χ3n) is 2.80. The number of unbranched alkanes of at least 4 members (excludes halogenated alkanes) is 5. The summed E-state index contributed by atoms with van der Waals surface area (Å²) >= 11 is 0. The first-order valence-corrected chi connectivity index (χ1v) is 6.03. The van der Waals surface area contributed by atoms with Gasteiger partial charge in [-0.15, -0.1) is 0 Å². The summed E-state index contributed by atoms with van der Waals surface area (Å²) in [6.07, 6.45) is 9.70. The van der Waals surface area contributed by atoms with E-state index >= 15 is 0 Å². The summed E-state index contributed by atoms with van der Waals surface area (Å²) in [5, 5.41) is 4.24. The maximum atomic E-state index is 5.87. The van der Waals surface area contributed by atoms with Gasteiger partial charge in [-0.05, 0) is 13.3 Å². The number of aryl methyl sites for hydroxylation is 2. The first-order chi connectivity index (χ1) is 7.25. The SMILES string of the molecule is CCCCCCCCn1ncc(C)c1N. The zero-order valence-corrected chi connectivity index (χ0v) is 10.00. The summed E-state index contributed by atoms with van der Waals surface area (Å²) in [6, 6.07) is 0.